The van der Waals surface area contributed by atoms with E-state index in [2.05, 4.69) is 5.32 Å². The quantitative estimate of drug-likeness (QED) is 0.589. The lowest BCUT2D eigenvalue weighted by atomic mass is 10.0. The van der Waals surface area contributed by atoms with Crippen molar-refractivity contribution in [2.24, 2.45) is 5.92 Å². The molecular weight excluding hydrogens is 276 g/mol. The summed E-state index contributed by atoms with van der Waals surface area (Å²) in [6.45, 7) is 3.82. The van der Waals surface area contributed by atoms with Crippen LogP contribution in [0.4, 0.5) is 5.69 Å². The summed E-state index contributed by atoms with van der Waals surface area (Å²) in [6.07, 6.45) is 0.432. The summed E-state index contributed by atoms with van der Waals surface area (Å²) in [6, 6.07) is 3.86. The van der Waals surface area contributed by atoms with Crippen molar-refractivity contribution in [2.45, 2.75) is 26.3 Å². The molecule has 116 valence electrons. The molecule has 0 saturated heterocycles. The molecule has 7 nitrogen and oxygen atoms in total. The summed E-state index contributed by atoms with van der Waals surface area (Å²) in [5.41, 5.74) is -0.0699. The van der Waals surface area contributed by atoms with Gasteiger partial charge in [0.25, 0.3) is 5.91 Å². The average molecular weight is 296 g/mol. The molecule has 0 aromatic heterocycles. The lowest BCUT2D eigenvalue weighted by Crippen LogP contribution is -2.39. The minimum atomic E-state index is -0.594. The average Bonchev–Trinajstić information content (AvgIpc) is 2.45. The van der Waals surface area contributed by atoms with E-state index in [4.69, 9.17) is 9.84 Å². The lowest BCUT2D eigenvalue weighted by molar-refractivity contribution is -0.385. The number of nitrogens with zero attached hydrogens (tertiary/aromatic N) is 1. The number of methoxy groups -OCH3 is 1. The Kier molecular flexibility index (Phi) is 6.10. The van der Waals surface area contributed by atoms with E-state index in [1.54, 1.807) is 0 Å². The SMILES string of the molecule is COc1ccc(C(=O)NC(CCO)C(C)C)cc1[N+](=O)[O-]. The number of benzene rings is 1. The number of amides is 1. The van der Waals surface area contributed by atoms with E-state index >= 15 is 0 Å². The molecule has 0 aliphatic carbocycles. The minimum absolute atomic E-state index is 0.0358. The molecule has 0 radical (unpaired) electrons. The van der Waals surface area contributed by atoms with Crippen LogP contribution in [0.5, 0.6) is 5.75 Å². The van der Waals surface area contributed by atoms with Crippen molar-refractivity contribution in [3.05, 3.63) is 33.9 Å². The van der Waals surface area contributed by atoms with Gasteiger partial charge in [-0.25, -0.2) is 0 Å². The predicted octanol–water partition coefficient (Wildman–Crippen LogP) is 1.74. The first kappa shape index (κ1) is 16.9. The van der Waals surface area contributed by atoms with Crippen molar-refractivity contribution in [3.63, 3.8) is 0 Å². The Morgan fingerprint density at radius 1 is 1.48 bits per heavy atom. The van der Waals surface area contributed by atoms with E-state index in [1.165, 1.54) is 25.3 Å². The van der Waals surface area contributed by atoms with E-state index in [9.17, 15) is 14.9 Å². The monoisotopic (exact) mass is 296 g/mol. The first-order chi connectivity index (χ1) is 9.90. The summed E-state index contributed by atoms with van der Waals surface area (Å²) in [7, 11) is 1.33. The second-order valence-electron chi connectivity index (χ2n) is 4.98. The third kappa shape index (κ3) is 4.42. The zero-order valence-electron chi connectivity index (χ0n) is 12.3. The number of aliphatic hydroxyl groups excluding tert-OH is 1. The summed E-state index contributed by atoms with van der Waals surface area (Å²) >= 11 is 0. The maximum atomic E-state index is 12.2. The van der Waals surface area contributed by atoms with Crippen LogP contribution in [0.3, 0.4) is 0 Å². The molecule has 0 bridgehead atoms. The number of aliphatic hydroxyl groups is 1. The molecule has 0 heterocycles. The van der Waals surface area contributed by atoms with Crippen LogP contribution in [0, 0.1) is 16.0 Å². The number of nitrogens with one attached hydrogen (secondary N) is 1. The molecule has 21 heavy (non-hydrogen) atoms. The molecule has 1 aromatic carbocycles. The highest BCUT2D eigenvalue weighted by atomic mass is 16.6. The van der Waals surface area contributed by atoms with Gasteiger partial charge in [-0.15, -0.1) is 0 Å². The van der Waals surface area contributed by atoms with Gasteiger partial charge in [0, 0.05) is 24.3 Å². The lowest BCUT2D eigenvalue weighted by Gasteiger charge is -2.21. The van der Waals surface area contributed by atoms with Gasteiger partial charge >= 0.3 is 5.69 Å². The number of nitro benzene ring substituents is 1. The molecule has 0 aliphatic rings. The standard InChI is InChI=1S/C14H20N2O5/c1-9(2)11(6-7-17)15-14(18)10-4-5-13(21-3)12(8-10)16(19)20/h4-5,8-9,11,17H,6-7H2,1-3H3,(H,15,18). The van der Waals surface area contributed by atoms with Crippen molar-refractivity contribution < 1.29 is 19.6 Å². The number of hydrogen-bond donors (Lipinski definition) is 2. The Morgan fingerprint density at radius 2 is 2.14 bits per heavy atom. The van der Waals surface area contributed by atoms with Gasteiger partial charge in [-0.3, -0.25) is 14.9 Å². The zero-order chi connectivity index (χ0) is 16.0. The Hall–Kier alpha value is -2.15. The van der Waals surface area contributed by atoms with Gasteiger partial charge in [-0.2, -0.15) is 0 Å². The largest absolute Gasteiger partial charge is 0.490 e. The number of carbonyl (C=O) groups is 1. The first-order valence-electron chi connectivity index (χ1n) is 6.64. The first-order valence-corrected chi connectivity index (χ1v) is 6.64. The minimum Gasteiger partial charge on any atom is -0.490 e. The Balaban J connectivity index is 2.97. The van der Waals surface area contributed by atoms with Gasteiger partial charge in [0.1, 0.15) is 0 Å². The Morgan fingerprint density at radius 3 is 2.62 bits per heavy atom. The summed E-state index contributed by atoms with van der Waals surface area (Å²) in [5, 5.41) is 22.7. The smallest absolute Gasteiger partial charge is 0.311 e. The van der Waals surface area contributed by atoms with Crippen molar-refractivity contribution in [1.82, 2.24) is 5.32 Å². The van der Waals surface area contributed by atoms with Crippen LogP contribution in [0.25, 0.3) is 0 Å². The van der Waals surface area contributed by atoms with E-state index in [0.29, 0.717) is 6.42 Å². The fraction of sp³-hybridized carbons (Fsp3) is 0.500. The maximum Gasteiger partial charge on any atom is 0.311 e. The summed E-state index contributed by atoms with van der Waals surface area (Å²) in [4.78, 5) is 22.5. The van der Waals surface area contributed by atoms with Crippen molar-refractivity contribution in [2.75, 3.05) is 13.7 Å². The molecule has 1 amide bonds. The number of hydrogen-bond acceptors (Lipinski definition) is 5. The number of nitro groups is 1. The van der Waals surface area contributed by atoms with Crippen LogP contribution in [-0.4, -0.2) is 35.7 Å². The normalized spacial score (nSPS) is 12.0. The molecule has 0 spiro atoms. The number of carbonyl (C=O) groups excluding carboxylic acids is 1. The van der Waals surface area contributed by atoms with Gasteiger partial charge in [-0.1, -0.05) is 13.8 Å². The molecule has 1 unspecified atom stereocenters. The third-order valence-corrected chi connectivity index (χ3v) is 3.20. The molecule has 1 atom stereocenters. The zero-order valence-corrected chi connectivity index (χ0v) is 12.3. The number of ether oxygens (including phenoxy) is 1. The van der Waals surface area contributed by atoms with Crippen LogP contribution in [0.15, 0.2) is 18.2 Å². The van der Waals surface area contributed by atoms with E-state index < -0.39 is 10.8 Å². The van der Waals surface area contributed by atoms with Crippen LogP contribution in [0.2, 0.25) is 0 Å². The Labute approximate surface area is 123 Å². The molecule has 0 saturated carbocycles. The van der Waals surface area contributed by atoms with Gasteiger partial charge in [0.15, 0.2) is 5.75 Å². The highest BCUT2D eigenvalue weighted by Crippen LogP contribution is 2.27. The van der Waals surface area contributed by atoms with E-state index in [-0.39, 0.29) is 35.6 Å². The van der Waals surface area contributed by atoms with Crippen LogP contribution in [0.1, 0.15) is 30.6 Å². The highest BCUT2D eigenvalue weighted by molar-refractivity contribution is 5.95. The molecule has 7 heteroatoms. The van der Waals surface area contributed by atoms with Gasteiger partial charge < -0.3 is 15.2 Å². The van der Waals surface area contributed by atoms with Crippen molar-refractivity contribution >= 4 is 11.6 Å². The fourth-order valence-electron chi connectivity index (χ4n) is 1.94. The summed E-state index contributed by atoms with van der Waals surface area (Å²) < 4.78 is 4.89. The van der Waals surface area contributed by atoms with Crippen LogP contribution in [-0.2, 0) is 0 Å². The summed E-state index contributed by atoms with van der Waals surface area (Å²) in [5.74, 6) is -0.158. The number of rotatable bonds is 7. The molecule has 1 aromatic rings. The predicted molar refractivity (Wildman–Crippen MR) is 77.4 cm³/mol. The molecule has 0 aliphatic heterocycles. The molecule has 2 N–H and O–H groups in total. The third-order valence-electron chi connectivity index (χ3n) is 3.20. The highest BCUT2D eigenvalue weighted by Gasteiger charge is 2.21. The van der Waals surface area contributed by atoms with Crippen LogP contribution < -0.4 is 10.1 Å². The van der Waals surface area contributed by atoms with Crippen LogP contribution >= 0.6 is 0 Å². The van der Waals surface area contributed by atoms with Gasteiger partial charge in [0.2, 0.25) is 0 Å². The molecular formula is C14H20N2O5. The fourth-order valence-corrected chi connectivity index (χ4v) is 1.94. The van der Waals surface area contributed by atoms with Crippen molar-refractivity contribution in [1.29, 1.82) is 0 Å². The second-order valence-corrected chi connectivity index (χ2v) is 4.98. The van der Waals surface area contributed by atoms with Gasteiger partial charge in [0.05, 0.1) is 12.0 Å². The Bertz CT molecular complexity index is 516. The topological polar surface area (TPSA) is 102 Å². The maximum absolute atomic E-state index is 12.2. The van der Waals surface area contributed by atoms with E-state index in [1.807, 2.05) is 13.8 Å². The van der Waals surface area contributed by atoms with Gasteiger partial charge in [-0.05, 0) is 24.5 Å². The second kappa shape index (κ2) is 7.58. The van der Waals surface area contributed by atoms with E-state index in [0.717, 1.165) is 0 Å². The molecule has 1 rings (SSSR count). The van der Waals surface area contributed by atoms with Crippen molar-refractivity contribution in [3.8, 4) is 5.75 Å². The molecule has 0 fully saturated rings.